The average molecular weight is 475 g/mol. The molecular formula is C25H34N2O5S. The lowest BCUT2D eigenvalue weighted by molar-refractivity contribution is -0.132. The van der Waals surface area contributed by atoms with Crippen LogP contribution in [0.5, 0.6) is 11.5 Å². The van der Waals surface area contributed by atoms with Crippen LogP contribution in [0.4, 0.5) is 0 Å². The van der Waals surface area contributed by atoms with Crippen LogP contribution in [-0.4, -0.2) is 62.9 Å². The molecule has 3 rings (SSSR count). The van der Waals surface area contributed by atoms with Gasteiger partial charge in [-0.1, -0.05) is 12.1 Å². The molecule has 0 unspecified atom stereocenters. The van der Waals surface area contributed by atoms with E-state index in [4.69, 9.17) is 9.47 Å². The van der Waals surface area contributed by atoms with Gasteiger partial charge in [-0.3, -0.25) is 4.79 Å². The Bertz CT molecular complexity index is 1030. The predicted molar refractivity (Wildman–Crippen MR) is 128 cm³/mol. The van der Waals surface area contributed by atoms with Crippen molar-refractivity contribution >= 4 is 15.9 Å². The van der Waals surface area contributed by atoms with Gasteiger partial charge in [0.05, 0.1) is 18.1 Å². The first-order chi connectivity index (χ1) is 15.8. The third-order valence-electron chi connectivity index (χ3n) is 5.75. The van der Waals surface area contributed by atoms with Gasteiger partial charge in [-0.05, 0) is 75.1 Å². The van der Waals surface area contributed by atoms with E-state index in [1.165, 1.54) is 4.31 Å². The van der Waals surface area contributed by atoms with Gasteiger partial charge in [0.25, 0.3) is 0 Å². The smallest absolute Gasteiger partial charge is 0.243 e. The Kier molecular flexibility index (Phi) is 8.74. The molecule has 2 aromatic carbocycles. The summed E-state index contributed by atoms with van der Waals surface area (Å²) in [5.41, 5.74) is 2.27. The summed E-state index contributed by atoms with van der Waals surface area (Å²) in [5.74, 6) is 1.61. The number of aryl methyl sites for hydroxylation is 2. The third kappa shape index (κ3) is 6.71. The number of carbonyl (C=O) groups excluding carboxylic acids is 1. The number of ether oxygens (including phenoxy) is 2. The van der Waals surface area contributed by atoms with E-state index >= 15 is 0 Å². The number of sulfonamides is 1. The quantitative estimate of drug-likeness (QED) is 0.490. The number of carbonyl (C=O) groups is 1. The highest BCUT2D eigenvalue weighted by Gasteiger charge is 2.29. The van der Waals surface area contributed by atoms with E-state index in [0.29, 0.717) is 51.6 Å². The highest BCUT2D eigenvalue weighted by molar-refractivity contribution is 7.89. The summed E-state index contributed by atoms with van der Waals surface area (Å²) in [6.45, 7) is 8.47. The van der Waals surface area contributed by atoms with Crippen LogP contribution in [0.1, 0.15) is 37.3 Å². The Balaban J connectivity index is 1.40. The molecular weight excluding hydrogens is 440 g/mol. The maximum absolute atomic E-state index is 12.9. The summed E-state index contributed by atoms with van der Waals surface area (Å²) < 4.78 is 38.5. The van der Waals surface area contributed by atoms with Crippen LogP contribution in [0.3, 0.4) is 0 Å². The van der Waals surface area contributed by atoms with Crippen LogP contribution in [0, 0.1) is 13.8 Å². The van der Waals surface area contributed by atoms with Crippen LogP contribution in [0.25, 0.3) is 0 Å². The van der Waals surface area contributed by atoms with Crippen LogP contribution < -0.4 is 9.47 Å². The topological polar surface area (TPSA) is 76.2 Å². The van der Waals surface area contributed by atoms with E-state index in [-0.39, 0.29) is 10.8 Å². The maximum atomic E-state index is 12.9. The molecule has 0 bridgehead atoms. The molecule has 0 aliphatic carbocycles. The molecule has 7 nitrogen and oxygen atoms in total. The number of piperazine rings is 1. The normalized spacial score (nSPS) is 14.8. The number of hydrogen-bond donors (Lipinski definition) is 0. The molecule has 1 amide bonds. The van der Waals surface area contributed by atoms with Crippen molar-refractivity contribution in [2.45, 2.75) is 44.9 Å². The van der Waals surface area contributed by atoms with Gasteiger partial charge in [0.15, 0.2) is 0 Å². The molecule has 1 aliphatic heterocycles. The second-order valence-electron chi connectivity index (χ2n) is 8.26. The van der Waals surface area contributed by atoms with Crippen molar-refractivity contribution in [1.82, 2.24) is 9.21 Å². The molecule has 0 atom stereocenters. The molecule has 0 spiro atoms. The third-order valence-corrected chi connectivity index (χ3v) is 7.66. The monoisotopic (exact) mass is 474 g/mol. The minimum absolute atomic E-state index is 0.0693. The molecule has 33 heavy (non-hydrogen) atoms. The lowest BCUT2D eigenvalue weighted by Crippen LogP contribution is -2.50. The summed E-state index contributed by atoms with van der Waals surface area (Å²) in [6, 6.07) is 12.6. The number of amides is 1. The Morgan fingerprint density at radius 2 is 1.64 bits per heavy atom. The molecule has 0 aromatic heterocycles. The molecule has 0 N–H and O–H groups in total. The van der Waals surface area contributed by atoms with E-state index < -0.39 is 10.0 Å². The number of hydrogen-bond acceptors (Lipinski definition) is 5. The van der Waals surface area contributed by atoms with E-state index in [2.05, 4.69) is 6.07 Å². The number of rotatable bonds is 10. The fraction of sp³-hybridized carbons (Fsp3) is 0.480. The average Bonchev–Trinajstić information content (AvgIpc) is 2.81. The summed E-state index contributed by atoms with van der Waals surface area (Å²) in [6.07, 6.45) is 1.99. The molecule has 8 heteroatoms. The first-order valence-electron chi connectivity index (χ1n) is 11.5. The molecule has 1 saturated heterocycles. The van der Waals surface area contributed by atoms with Crippen LogP contribution in [0.2, 0.25) is 0 Å². The highest BCUT2D eigenvalue weighted by Crippen LogP contribution is 2.22. The first-order valence-corrected chi connectivity index (χ1v) is 13.0. The van der Waals surface area contributed by atoms with Gasteiger partial charge in [0.2, 0.25) is 15.9 Å². The zero-order valence-corrected chi connectivity index (χ0v) is 20.6. The SMILES string of the molecule is CCOc1ccc(S(=O)(=O)N2CCN(C(=O)CCCCOc3cc(C)ccc3C)CC2)cc1. The van der Waals surface area contributed by atoms with Crippen molar-refractivity contribution in [3.63, 3.8) is 0 Å². The minimum atomic E-state index is -3.58. The van der Waals surface area contributed by atoms with Crippen molar-refractivity contribution < 1.29 is 22.7 Å². The van der Waals surface area contributed by atoms with Gasteiger partial charge in [0.1, 0.15) is 11.5 Å². The molecule has 0 radical (unpaired) electrons. The first kappa shape index (κ1) is 25.1. The molecule has 0 saturated carbocycles. The van der Waals surface area contributed by atoms with E-state index in [0.717, 1.165) is 29.7 Å². The zero-order valence-electron chi connectivity index (χ0n) is 19.7. The molecule has 1 aliphatic rings. The van der Waals surface area contributed by atoms with Gasteiger partial charge < -0.3 is 14.4 Å². The summed E-state index contributed by atoms with van der Waals surface area (Å²) in [5, 5.41) is 0. The fourth-order valence-corrected chi connectivity index (χ4v) is 5.20. The van der Waals surface area contributed by atoms with Gasteiger partial charge >= 0.3 is 0 Å². The Labute approximate surface area is 197 Å². The van der Waals surface area contributed by atoms with Gasteiger partial charge in [-0.15, -0.1) is 0 Å². The van der Waals surface area contributed by atoms with Crippen molar-refractivity contribution in [3.8, 4) is 11.5 Å². The predicted octanol–water partition coefficient (Wildman–Crippen LogP) is 3.78. The fourth-order valence-electron chi connectivity index (χ4n) is 3.78. The second kappa shape index (κ2) is 11.5. The largest absolute Gasteiger partial charge is 0.494 e. The summed E-state index contributed by atoms with van der Waals surface area (Å²) in [7, 11) is -3.58. The van der Waals surface area contributed by atoms with Crippen LogP contribution >= 0.6 is 0 Å². The van der Waals surface area contributed by atoms with E-state index in [9.17, 15) is 13.2 Å². The van der Waals surface area contributed by atoms with Crippen molar-refractivity contribution in [2.75, 3.05) is 39.4 Å². The van der Waals surface area contributed by atoms with E-state index in [1.54, 1.807) is 29.2 Å². The standard InChI is InChI=1S/C25H34N2O5S/c1-4-31-22-10-12-23(13-11-22)33(29,30)27-16-14-26(15-17-27)25(28)7-5-6-18-32-24-19-20(2)8-9-21(24)3/h8-13,19H,4-7,14-18H2,1-3H3. The Morgan fingerprint density at radius 3 is 2.30 bits per heavy atom. The van der Waals surface area contributed by atoms with Crippen LogP contribution in [0.15, 0.2) is 47.4 Å². The molecule has 2 aromatic rings. The lowest BCUT2D eigenvalue weighted by Gasteiger charge is -2.34. The number of nitrogens with zero attached hydrogens (tertiary/aromatic N) is 2. The highest BCUT2D eigenvalue weighted by atomic mass is 32.2. The summed E-state index contributed by atoms with van der Waals surface area (Å²) >= 11 is 0. The maximum Gasteiger partial charge on any atom is 0.243 e. The van der Waals surface area contributed by atoms with Gasteiger partial charge in [0, 0.05) is 32.6 Å². The van der Waals surface area contributed by atoms with Crippen molar-refractivity contribution in [3.05, 3.63) is 53.6 Å². The van der Waals surface area contributed by atoms with Crippen LogP contribution in [-0.2, 0) is 14.8 Å². The van der Waals surface area contributed by atoms with Gasteiger partial charge in [-0.25, -0.2) is 8.42 Å². The molecule has 180 valence electrons. The number of benzene rings is 2. The second-order valence-corrected chi connectivity index (χ2v) is 10.2. The molecule has 1 heterocycles. The Hall–Kier alpha value is -2.58. The Morgan fingerprint density at radius 1 is 0.939 bits per heavy atom. The summed E-state index contributed by atoms with van der Waals surface area (Å²) in [4.78, 5) is 14.6. The van der Waals surface area contributed by atoms with E-state index in [1.807, 2.05) is 32.9 Å². The zero-order chi connectivity index (χ0) is 23.8. The lowest BCUT2D eigenvalue weighted by atomic mass is 10.1. The van der Waals surface area contributed by atoms with Crippen molar-refractivity contribution in [1.29, 1.82) is 0 Å². The van der Waals surface area contributed by atoms with Gasteiger partial charge in [-0.2, -0.15) is 4.31 Å². The number of unbranched alkanes of at least 4 members (excludes halogenated alkanes) is 1. The van der Waals surface area contributed by atoms with Crippen molar-refractivity contribution in [2.24, 2.45) is 0 Å². The molecule has 1 fully saturated rings. The minimum Gasteiger partial charge on any atom is -0.494 e.